The predicted octanol–water partition coefficient (Wildman–Crippen LogP) is 3.45. The zero-order valence-electron chi connectivity index (χ0n) is 13.9. The van der Waals surface area contributed by atoms with Gasteiger partial charge in [-0.05, 0) is 16.7 Å². The lowest BCUT2D eigenvalue weighted by Gasteiger charge is -2.06. The van der Waals surface area contributed by atoms with Crippen LogP contribution in [0.25, 0.3) is 12.2 Å². The Morgan fingerprint density at radius 3 is 2.31 bits per heavy atom. The van der Waals surface area contributed by atoms with Crippen molar-refractivity contribution in [3.05, 3.63) is 99.6 Å². The zero-order chi connectivity index (χ0) is 18.4. The number of hydrogen-bond acceptors (Lipinski definition) is 4. The molecular weight excluding hydrogens is 330 g/mol. The van der Waals surface area contributed by atoms with Gasteiger partial charge in [-0.1, -0.05) is 66.7 Å². The van der Waals surface area contributed by atoms with E-state index in [1.54, 1.807) is 0 Å². The first-order valence-electron chi connectivity index (χ1n) is 8.04. The first kappa shape index (κ1) is 17.2. The van der Waals surface area contributed by atoms with Crippen LogP contribution >= 0.6 is 0 Å². The molecular formula is C21H17NO4. The summed E-state index contributed by atoms with van der Waals surface area (Å²) in [7, 11) is 0. The third-order valence-electron chi connectivity index (χ3n) is 3.76. The van der Waals surface area contributed by atoms with Crippen LogP contribution in [0.2, 0.25) is 0 Å². The average Bonchev–Trinajstić information content (AvgIpc) is 2.68. The van der Waals surface area contributed by atoms with Crippen molar-refractivity contribution in [2.75, 3.05) is 0 Å². The van der Waals surface area contributed by atoms with E-state index in [-0.39, 0.29) is 12.3 Å². The maximum atomic E-state index is 12.0. The minimum atomic E-state index is -0.689. The van der Waals surface area contributed by atoms with Gasteiger partial charge >= 0.3 is 0 Å². The Morgan fingerprint density at radius 2 is 1.62 bits per heavy atom. The molecule has 5 nitrogen and oxygen atoms in total. The minimum Gasteiger partial charge on any atom is -0.501 e. The molecule has 1 heterocycles. The van der Waals surface area contributed by atoms with E-state index in [0.29, 0.717) is 0 Å². The molecule has 2 aromatic carbocycles. The number of hydrogen-bond donors (Lipinski definition) is 2. The monoisotopic (exact) mass is 347 g/mol. The van der Waals surface area contributed by atoms with Gasteiger partial charge < -0.3 is 14.8 Å². The van der Waals surface area contributed by atoms with Crippen LogP contribution in [0.4, 0.5) is 0 Å². The smallest absolute Gasteiger partial charge is 0.291 e. The number of carbonyl (C=O) groups excluding carboxylic acids is 1. The fourth-order valence-corrected chi connectivity index (χ4v) is 2.34. The van der Waals surface area contributed by atoms with Gasteiger partial charge in [0.1, 0.15) is 0 Å². The van der Waals surface area contributed by atoms with Crippen molar-refractivity contribution in [3.63, 3.8) is 0 Å². The lowest BCUT2D eigenvalue weighted by Crippen LogP contribution is -2.24. The van der Waals surface area contributed by atoms with Gasteiger partial charge in [0.2, 0.25) is 16.9 Å². The number of nitrogens with one attached hydrogen (secondary N) is 1. The van der Waals surface area contributed by atoms with E-state index in [2.05, 4.69) is 5.32 Å². The number of carbonyl (C=O) groups is 1. The molecule has 0 aliphatic rings. The predicted molar refractivity (Wildman–Crippen MR) is 99.6 cm³/mol. The average molecular weight is 347 g/mol. The van der Waals surface area contributed by atoms with E-state index >= 15 is 0 Å². The van der Waals surface area contributed by atoms with Gasteiger partial charge in [0.05, 0.1) is 6.26 Å². The minimum absolute atomic E-state index is 0.250. The zero-order valence-corrected chi connectivity index (χ0v) is 13.9. The molecule has 26 heavy (non-hydrogen) atoms. The summed E-state index contributed by atoms with van der Waals surface area (Å²) in [5, 5.41) is 12.2. The molecule has 3 rings (SSSR count). The second-order valence-electron chi connectivity index (χ2n) is 5.63. The molecule has 5 heteroatoms. The highest BCUT2D eigenvalue weighted by Crippen LogP contribution is 2.12. The van der Waals surface area contributed by atoms with Gasteiger partial charge in [-0.2, -0.15) is 0 Å². The third kappa shape index (κ3) is 4.27. The van der Waals surface area contributed by atoms with E-state index in [4.69, 9.17) is 4.42 Å². The van der Waals surface area contributed by atoms with Gasteiger partial charge in [0.25, 0.3) is 5.91 Å². The standard InChI is InChI=1S/C21H17NO4/c23-18-12-13-26-20(19(18)24)21(25)22-14-17-10-8-16(9-11-17)7-6-15-4-2-1-3-5-15/h1-13,24H,14H2,(H,22,25). The Labute approximate surface area is 150 Å². The summed E-state index contributed by atoms with van der Waals surface area (Å²) in [4.78, 5) is 23.3. The van der Waals surface area contributed by atoms with Crippen molar-refractivity contribution in [2.45, 2.75) is 6.54 Å². The molecule has 0 aliphatic heterocycles. The molecule has 1 amide bonds. The maximum Gasteiger partial charge on any atom is 0.291 e. The van der Waals surface area contributed by atoms with Crippen LogP contribution in [0, 0.1) is 0 Å². The fourth-order valence-electron chi connectivity index (χ4n) is 2.34. The van der Waals surface area contributed by atoms with Gasteiger partial charge in [-0.3, -0.25) is 9.59 Å². The second-order valence-corrected chi connectivity index (χ2v) is 5.63. The second kappa shape index (κ2) is 7.98. The van der Waals surface area contributed by atoms with Crippen LogP contribution in [0.3, 0.4) is 0 Å². The van der Waals surface area contributed by atoms with Crippen molar-refractivity contribution >= 4 is 18.1 Å². The van der Waals surface area contributed by atoms with Crippen molar-refractivity contribution in [1.82, 2.24) is 5.32 Å². The quantitative estimate of drug-likeness (QED) is 0.693. The Bertz CT molecular complexity index is 973. The first-order valence-corrected chi connectivity index (χ1v) is 8.04. The van der Waals surface area contributed by atoms with Gasteiger partial charge in [-0.25, -0.2) is 0 Å². The molecule has 0 fully saturated rings. The maximum absolute atomic E-state index is 12.0. The number of rotatable bonds is 5. The molecule has 0 bridgehead atoms. The van der Waals surface area contributed by atoms with Crippen LogP contribution in [-0.2, 0) is 6.54 Å². The van der Waals surface area contributed by atoms with E-state index in [9.17, 15) is 14.7 Å². The molecule has 0 unspecified atom stereocenters. The third-order valence-corrected chi connectivity index (χ3v) is 3.76. The van der Waals surface area contributed by atoms with Crippen LogP contribution in [0.1, 0.15) is 27.2 Å². The van der Waals surface area contributed by atoms with E-state index in [1.807, 2.05) is 66.7 Å². The van der Waals surface area contributed by atoms with E-state index in [1.165, 1.54) is 0 Å². The van der Waals surface area contributed by atoms with E-state index < -0.39 is 17.1 Å². The largest absolute Gasteiger partial charge is 0.501 e. The molecule has 0 aliphatic carbocycles. The lowest BCUT2D eigenvalue weighted by molar-refractivity contribution is 0.0915. The highest BCUT2D eigenvalue weighted by Gasteiger charge is 2.16. The topological polar surface area (TPSA) is 79.5 Å². The normalized spacial score (nSPS) is 10.8. The lowest BCUT2D eigenvalue weighted by atomic mass is 10.1. The summed E-state index contributed by atoms with van der Waals surface area (Å²) in [6.07, 6.45) is 5.11. The van der Waals surface area contributed by atoms with Crippen molar-refractivity contribution in [1.29, 1.82) is 0 Å². The summed E-state index contributed by atoms with van der Waals surface area (Å²) < 4.78 is 4.91. The van der Waals surface area contributed by atoms with Crippen LogP contribution in [0.5, 0.6) is 5.75 Å². The van der Waals surface area contributed by atoms with Crippen LogP contribution in [0.15, 0.2) is 76.1 Å². The highest BCUT2D eigenvalue weighted by molar-refractivity contribution is 5.93. The Kier molecular flexibility index (Phi) is 5.29. The summed E-state index contributed by atoms with van der Waals surface area (Å²) in [6.45, 7) is 0.250. The molecule has 3 aromatic rings. The van der Waals surface area contributed by atoms with Crippen LogP contribution in [-0.4, -0.2) is 11.0 Å². The summed E-state index contributed by atoms with van der Waals surface area (Å²) in [5.41, 5.74) is 2.38. The molecule has 1 aromatic heterocycles. The molecule has 0 saturated carbocycles. The summed E-state index contributed by atoms with van der Waals surface area (Å²) in [5.74, 6) is -1.72. The summed E-state index contributed by atoms with van der Waals surface area (Å²) >= 11 is 0. The highest BCUT2D eigenvalue weighted by atomic mass is 16.4. The number of aromatic hydroxyl groups is 1. The van der Waals surface area contributed by atoms with Crippen LogP contribution < -0.4 is 10.7 Å². The fraction of sp³-hybridized carbons (Fsp3) is 0.0476. The summed E-state index contributed by atoms with van der Waals surface area (Å²) in [6, 6.07) is 18.7. The van der Waals surface area contributed by atoms with Gasteiger partial charge in [0.15, 0.2) is 0 Å². The van der Waals surface area contributed by atoms with Crippen molar-refractivity contribution < 1.29 is 14.3 Å². The number of benzene rings is 2. The molecule has 0 radical (unpaired) electrons. The van der Waals surface area contributed by atoms with Crippen molar-refractivity contribution in [2.24, 2.45) is 0 Å². The Balaban J connectivity index is 1.61. The molecule has 130 valence electrons. The van der Waals surface area contributed by atoms with Gasteiger partial charge in [0, 0.05) is 12.6 Å². The van der Waals surface area contributed by atoms with Crippen molar-refractivity contribution in [3.8, 4) is 5.75 Å². The van der Waals surface area contributed by atoms with Gasteiger partial charge in [-0.15, -0.1) is 0 Å². The molecule has 0 saturated heterocycles. The van der Waals surface area contributed by atoms with E-state index in [0.717, 1.165) is 29.0 Å². The number of amides is 1. The SMILES string of the molecule is O=C(NCc1ccc(C=Cc2ccccc2)cc1)c1occc(=O)c1O. The molecule has 0 spiro atoms. The molecule has 2 N–H and O–H groups in total. The Morgan fingerprint density at radius 1 is 0.962 bits per heavy atom. The molecule has 0 atom stereocenters. The first-order chi connectivity index (χ1) is 12.6. The Hall–Kier alpha value is -3.60.